The molecule has 1 aromatic carbocycles. The predicted octanol–water partition coefficient (Wildman–Crippen LogP) is 3.60. The fraction of sp³-hybridized carbons (Fsp3) is 0.250. The molecule has 0 spiro atoms. The molecule has 0 bridgehead atoms. The Morgan fingerprint density at radius 2 is 1.93 bits per heavy atom. The van der Waals surface area contributed by atoms with Gasteiger partial charge in [-0.05, 0) is 31.0 Å². The van der Waals surface area contributed by atoms with Gasteiger partial charge in [-0.1, -0.05) is 30.7 Å². The van der Waals surface area contributed by atoms with Crippen molar-refractivity contribution in [2.24, 2.45) is 0 Å². The Balaban J connectivity index is 2.52. The predicted molar refractivity (Wildman–Crippen MR) is 63.1 cm³/mol. The van der Waals surface area contributed by atoms with Gasteiger partial charge in [0, 0.05) is 16.3 Å². The molecule has 78 valence electrons. The minimum absolute atomic E-state index is 0.762. The molecule has 1 N–H and O–H groups in total. The van der Waals surface area contributed by atoms with Crippen molar-refractivity contribution in [2.75, 3.05) is 0 Å². The Hall–Kier alpha value is -1.28. The highest BCUT2D eigenvalue weighted by Gasteiger charge is 2.10. The lowest BCUT2D eigenvalue weighted by atomic mass is 10.0. The zero-order chi connectivity index (χ0) is 10.8. The lowest BCUT2D eigenvalue weighted by Crippen LogP contribution is -1.85. The number of aromatic amines is 1. The van der Waals surface area contributed by atoms with Crippen molar-refractivity contribution in [3.05, 3.63) is 40.7 Å². The minimum atomic E-state index is 0.762. The van der Waals surface area contributed by atoms with E-state index in [0.29, 0.717) is 0 Å². The summed E-state index contributed by atoms with van der Waals surface area (Å²) in [6.45, 7) is 4.14. The molecule has 0 atom stereocenters. The second-order valence-corrected chi connectivity index (χ2v) is 3.97. The maximum absolute atomic E-state index is 5.86. The molecule has 0 fully saturated rings. The zero-order valence-corrected chi connectivity index (χ0v) is 9.60. The summed E-state index contributed by atoms with van der Waals surface area (Å²) in [4.78, 5) is 0. The summed E-state index contributed by atoms with van der Waals surface area (Å²) < 4.78 is 0. The summed E-state index contributed by atoms with van der Waals surface area (Å²) in [5.41, 5.74) is 4.58. The number of hydrogen-bond acceptors (Lipinski definition) is 1. The van der Waals surface area contributed by atoms with Gasteiger partial charge in [0.05, 0.1) is 5.69 Å². The highest BCUT2D eigenvalue weighted by atomic mass is 35.5. The number of rotatable bonds is 2. The Morgan fingerprint density at radius 3 is 2.53 bits per heavy atom. The number of hydrogen-bond donors (Lipinski definition) is 1. The Labute approximate surface area is 94.3 Å². The quantitative estimate of drug-likeness (QED) is 0.823. The molecular formula is C12H13ClN2. The lowest BCUT2D eigenvalue weighted by molar-refractivity contribution is 0.963. The molecule has 0 aliphatic heterocycles. The minimum Gasteiger partial charge on any atom is -0.282 e. The summed E-state index contributed by atoms with van der Waals surface area (Å²) in [5.74, 6) is 0. The summed E-state index contributed by atoms with van der Waals surface area (Å²) in [6, 6.07) is 7.87. The van der Waals surface area contributed by atoms with E-state index in [2.05, 4.69) is 17.1 Å². The third kappa shape index (κ3) is 1.90. The van der Waals surface area contributed by atoms with E-state index in [4.69, 9.17) is 11.6 Å². The third-order valence-corrected chi connectivity index (χ3v) is 2.74. The van der Waals surface area contributed by atoms with E-state index in [-0.39, 0.29) is 0 Å². The van der Waals surface area contributed by atoms with Crippen LogP contribution in [0.15, 0.2) is 24.3 Å². The van der Waals surface area contributed by atoms with E-state index in [0.717, 1.165) is 22.8 Å². The van der Waals surface area contributed by atoms with Crippen molar-refractivity contribution in [1.29, 1.82) is 0 Å². The van der Waals surface area contributed by atoms with Gasteiger partial charge in [-0.2, -0.15) is 5.10 Å². The number of halogens is 1. The molecule has 0 amide bonds. The number of aromatic nitrogens is 2. The van der Waals surface area contributed by atoms with Gasteiger partial charge in [0.25, 0.3) is 0 Å². The van der Waals surface area contributed by atoms with Crippen molar-refractivity contribution in [3.8, 4) is 11.1 Å². The summed E-state index contributed by atoms with van der Waals surface area (Å²) in [5, 5.41) is 8.06. The summed E-state index contributed by atoms with van der Waals surface area (Å²) in [6.07, 6.45) is 0.933. The van der Waals surface area contributed by atoms with Crippen LogP contribution in [-0.2, 0) is 6.42 Å². The van der Waals surface area contributed by atoms with Gasteiger partial charge in [0.2, 0.25) is 0 Å². The fourth-order valence-corrected chi connectivity index (χ4v) is 1.86. The van der Waals surface area contributed by atoms with Crippen molar-refractivity contribution in [1.82, 2.24) is 10.2 Å². The number of benzene rings is 1. The molecule has 1 aromatic heterocycles. The zero-order valence-electron chi connectivity index (χ0n) is 8.84. The Bertz CT molecular complexity index is 457. The van der Waals surface area contributed by atoms with Crippen LogP contribution in [0.1, 0.15) is 18.3 Å². The maximum atomic E-state index is 5.86. The van der Waals surface area contributed by atoms with E-state index < -0.39 is 0 Å². The van der Waals surface area contributed by atoms with Gasteiger partial charge in [-0.25, -0.2) is 0 Å². The molecule has 0 saturated heterocycles. The van der Waals surface area contributed by atoms with E-state index in [1.807, 2.05) is 31.2 Å². The fourth-order valence-electron chi connectivity index (χ4n) is 1.74. The SMILES string of the molecule is CCc1n[nH]c(C)c1-c1ccc(Cl)cc1. The first-order valence-corrected chi connectivity index (χ1v) is 5.40. The number of nitrogens with zero attached hydrogens (tertiary/aromatic N) is 1. The number of aryl methyl sites for hydroxylation is 2. The second-order valence-electron chi connectivity index (χ2n) is 3.53. The van der Waals surface area contributed by atoms with Crippen LogP contribution in [0.3, 0.4) is 0 Å². The van der Waals surface area contributed by atoms with Gasteiger partial charge >= 0.3 is 0 Å². The maximum Gasteiger partial charge on any atom is 0.0700 e. The first kappa shape index (κ1) is 10.2. The largest absolute Gasteiger partial charge is 0.282 e. The van der Waals surface area contributed by atoms with Crippen molar-refractivity contribution in [2.45, 2.75) is 20.3 Å². The van der Waals surface area contributed by atoms with Gasteiger partial charge < -0.3 is 0 Å². The molecule has 2 nitrogen and oxygen atoms in total. The van der Waals surface area contributed by atoms with Gasteiger partial charge in [0.15, 0.2) is 0 Å². The highest BCUT2D eigenvalue weighted by molar-refractivity contribution is 6.30. The second kappa shape index (κ2) is 4.07. The normalized spacial score (nSPS) is 10.6. The summed E-state index contributed by atoms with van der Waals surface area (Å²) in [7, 11) is 0. The monoisotopic (exact) mass is 220 g/mol. The van der Waals surface area contributed by atoms with Crippen LogP contribution in [0, 0.1) is 6.92 Å². The van der Waals surface area contributed by atoms with Crippen LogP contribution in [0.2, 0.25) is 5.02 Å². The van der Waals surface area contributed by atoms with E-state index in [1.54, 1.807) is 0 Å². The topological polar surface area (TPSA) is 28.7 Å². The average molecular weight is 221 g/mol. The van der Waals surface area contributed by atoms with Crippen molar-refractivity contribution < 1.29 is 0 Å². The van der Waals surface area contributed by atoms with Crippen LogP contribution >= 0.6 is 11.6 Å². The van der Waals surface area contributed by atoms with E-state index in [1.165, 1.54) is 11.1 Å². The number of nitrogens with one attached hydrogen (secondary N) is 1. The van der Waals surface area contributed by atoms with Crippen molar-refractivity contribution >= 4 is 11.6 Å². The van der Waals surface area contributed by atoms with Crippen LogP contribution in [-0.4, -0.2) is 10.2 Å². The van der Waals surface area contributed by atoms with E-state index in [9.17, 15) is 0 Å². The van der Waals surface area contributed by atoms with Gasteiger partial charge in [-0.3, -0.25) is 5.10 Å². The molecule has 2 rings (SSSR count). The third-order valence-electron chi connectivity index (χ3n) is 2.49. The van der Waals surface area contributed by atoms with Gasteiger partial charge in [0.1, 0.15) is 0 Å². The Morgan fingerprint density at radius 1 is 1.27 bits per heavy atom. The van der Waals surface area contributed by atoms with Crippen molar-refractivity contribution in [3.63, 3.8) is 0 Å². The first-order valence-electron chi connectivity index (χ1n) is 5.02. The molecule has 15 heavy (non-hydrogen) atoms. The average Bonchev–Trinajstić information content (AvgIpc) is 2.61. The molecule has 0 aliphatic rings. The van der Waals surface area contributed by atoms with E-state index >= 15 is 0 Å². The van der Waals surface area contributed by atoms with Crippen LogP contribution in [0.4, 0.5) is 0 Å². The highest BCUT2D eigenvalue weighted by Crippen LogP contribution is 2.27. The molecule has 1 heterocycles. The van der Waals surface area contributed by atoms with Crippen LogP contribution in [0.25, 0.3) is 11.1 Å². The molecular weight excluding hydrogens is 208 g/mol. The first-order chi connectivity index (χ1) is 7.22. The molecule has 0 radical (unpaired) electrons. The standard InChI is InChI=1S/C12H13ClN2/c1-3-11-12(8(2)14-15-11)9-4-6-10(13)7-5-9/h4-7H,3H2,1-2H3,(H,14,15). The lowest BCUT2D eigenvalue weighted by Gasteiger charge is -2.02. The van der Waals surface area contributed by atoms with Crippen LogP contribution < -0.4 is 0 Å². The molecule has 3 heteroatoms. The van der Waals surface area contributed by atoms with Crippen LogP contribution in [0.5, 0.6) is 0 Å². The molecule has 0 aliphatic carbocycles. The smallest absolute Gasteiger partial charge is 0.0700 e. The summed E-state index contributed by atoms with van der Waals surface area (Å²) >= 11 is 5.86. The Kier molecular flexibility index (Phi) is 2.78. The molecule has 2 aromatic rings. The van der Waals surface area contributed by atoms with Gasteiger partial charge in [-0.15, -0.1) is 0 Å². The number of H-pyrrole nitrogens is 1. The molecule has 0 unspecified atom stereocenters. The molecule has 0 saturated carbocycles.